The van der Waals surface area contributed by atoms with Gasteiger partial charge in [0.15, 0.2) is 0 Å². The van der Waals surface area contributed by atoms with Crippen molar-refractivity contribution in [1.29, 1.82) is 0 Å². The van der Waals surface area contributed by atoms with E-state index in [2.05, 4.69) is 24.1 Å². The normalized spacial score (nSPS) is 41.5. The van der Waals surface area contributed by atoms with E-state index in [1.165, 1.54) is 89.9 Å². The maximum absolute atomic E-state index is 14.4. The van der Waals surface area contributed by atoms with Gasteiger partial charge in [-0.05, 0) is 124 Å². The Morgan fingerprint density at radius 2 is 1.69 bits per heavy atom. The molecule has 6 rings (SSSR count). The molecule has 6 nitrogen and oxygen atoms in total. The summed E-state index contributed by atoms with van der Waals surface area (Å²) in [5, 5.41) is 13.5. The number of rotatable bonds is 7. The lowest BCUT2D eigenvalue weighted by atomic mass is 9.63. The van der Waals surface area contributed by atoms with Crippen LogP contribution in [0, 0.1) is 70.5 Å². The number of ether oxygens (including phenoxy) is 1. The minimum Gasteiger partial charge on any atom is -0.390 e. The summed E-state index contributed by atoms with van der Waals surface area (Å²) in [6, 6.07) is 0. The van der Waals surface area contributed by atoms with Gasteiger partial charge in [0.05, 0.1) is 25.2 Å². The van der Waals surface area contributed by atoms with Crippen LogP contribution in [0.15, 0.2) is 0 Å². The van der Waals surface area contributed by atoms with Crippen LogP contribution in [-0.2, 0) is 14.3 Å². The molecule has 1 aliphatic heterocycles. The van der Waals surface area contributed by atoms with Gasteiger partial charge in [-0.1, -0.05) is 57.3 Å². The Morgan fingerprint density at radius 3 is 2.42 bits per heavy atom. The van der Waals surface area contributed by atoms with Gasteiger partial charge >= 0.3 is 0 Å². The number of aliphatic hydroxyl groups is 1. The van der Waals surface area contributed by atoms with Crippen LogP contribution in [0.5, 0.6) is 0 Å². The minimum atomic E-state index is -0.481. The van der Waals surface area contributed by atoms with E-state index in [0.29, 0.717) is 47.8 Å². The summed E-state index contributed by atoms with van der Waals surface area (Å²) >= 11 is 0. The third kappa shape index (κ3) is 8.60. The molecular weight excluding hydrogens is 596 g/mol. The maximum Gasteiger partial charge on any atom is 0.144 e. The lowest BCUT2D eigenvalue weighted by molar-refractivity contribution is -0.699. The molecule has 1 saturated heterocycles. The number of hydrogen-bond donors (Lipinski definition) is 3. The van der Waals surface area contributed by atoms with Crippen molar-refractivity contribution in [3.63, 3.8) is 0 Å². The van der Waals surface area contributed by atoms with Crippen LogP contribution >= 0.6 is 0 Å². The fourth-order valence-corrected chi connectivity index (χ4v) is 12.4. The first-order valence-electron chi connectivity index (χ1n) is 20.6. The van der Waals surface area contributed by atoms with Crippen LogP contribution in [-0.4, -0.2) is 48.7 Å². The zero-order valence-corrected chi connectivity index (χ0v) is 30.5. The third-order valence-corrected chi connectivity index (χ3v) is 14.8. The first-order valence-corrected chi connectivity index (χ1v) is 20.6. The van der Waals surface area contributed by atoms with Crippen LogP contribution < -0.4 is 11.1 Å². The molecule has 6 aliphatic rings. The second kappa shape index (κ2) is 16.8. The number of methoxy groups -OCH3 is 1. The average Bonchev–Trinajstić information content (AvgIpc) is 3.47. The van der Waals surface area contributed by atoms with Crippen molar-refractivity contribution in [2.75, 3.05) is 13.7 Å². The SMILES string of the molecule is CCCC1(C2CC(CC3CC[NH2+]C(N)C3)CC3C#CC(C4CCCCC4)C4CC(O)C(OC)CC4CCC(=O)CC(=O)C3C2)CCCC1. The molecule has 6 heteroatoms. The number of Topliss-reactive ketones (excluding diaryl/α,β-unsaturated/α-hetero) is 2. The van der Waals surface area contributed by atoms with Gasteiger partial charge in [-0.3, -0.25) is 15.3 Å². The molecule has 0 aromatic rings. The Kier molecular flexibility index (Phi) is 12.8. The van der Waals surface area contributed by atoms with Gasteiger partial charge in [0.2, 0.25) is 0 Å². The molecule has 11 atom stereocenters. The van der Waals surface area contributed by atoms with Gasteiger partial charge in [-0.25, -0.2) is 0 Å². The van der Waals surface area contributed by atoms with Gasteiger partial charge in [0, 0.05) is 37.7 Å². The summed E-state index contributed by atoms with van der Waals surface area (Å²) in [6.45, 7) is 3.47. The molecule has 5 fully saturated rings. The van der Waals surface area contributed by atoms with Crippen molar-refractivity contribution in [3.05, 3.63) is 0 Å². The molecule has 5 N–H and O–H groups in total. The Balaban J connectivity index is 1.38. The predicted molar refractivity (Wildman–Crippen MR) is 190 cm³/mol. The van der Waals surface area contributed by atoms with Crippen LogP contribution in [0.4, 0.5) is 0 Å². The second-order valence-corrected chi connectivity index (χ2v) is 17.8. The van der Waals surface area contributed by atoms with Gasteiger partial charge in [0.1, 0.15) is 17.7 Å². The predicted octanol–water partition coefficient (Wildman–Crippen LogP) is 6.57. The summed E-state index contributed by atoms with van der Waals surface area (Å²) in [4.78, 5) is 28.1. The maximum atomic E-state index is 14.4. The number of piperidine rings is 1. The highest BCUT2D eigenvalue weighted by molar-refractivity contribution is 6.00. The zero-order chi connectivity index (χ0) is 33.7. The molecule has 48 heavy (non-hydrogen) atoms. The smallest absolute Gasteiger partial charge is 0.144 e. The van der Waals surface area contributed by atoms with E-state index in [9.17, 15) is 14.7 Å². The van der Waals surface area contributed by atoms with Crippen molar-refractivity contribution >= 4 is 11.6 Å². The van der Waals surface area contributed by atoms with E-state index >= 15 is 0 Å². The van der Waals surface area contributed by atoms with E-state index < -0.39 is 6.10 Å². The summed E-state index contributed by atoms with van der Waals surface area (Å²) in [7, 11) is 1.71. The van der Waals surface area contributed by atoms with Crippen molar-refractivity contribution < 1.29 is 24.7 Å². The van der Waals surface area contributed by atoms with Crippen LogP contribution in [0.1, 0.15) is 148 Å². The fourth-order valence-electron chi connectivity index (χ4n) is 12.4. The molecular formula is C42H69N2O4+. The Bertz CT molecular complexity index is 1130. The van der Waals surface area contributed by atoms with E-state index in [0.717, 1.165) is 38.6 Å². The first-order chi connectivity index (χ1) is 23.3. The number of carbonyl (C=O) groups excluding carboxylic acids is 2. The molecule has 0 spiro atoms. The lowest BCUT2D eigenvalue weighted by Crippen LogP contribution is -2.94. The number of fused-ring (bicyclic) bond motifs is 2. The highest BCUT2D eigenvalue weighted by Crippen LogP contribution is 2.55. The molecule has 0 radical (unpaired) electrons. The lowest BCUT2D eigenvalue weighted by Gasteiger charge is -2.44. The molecule has 11 unspecified atom stereocenters. The van der Waals surface area contributed by atoms with Crippen LogP contribution in [0.2, 0.25) is 0 Å². The number of hydrogen-bond acceptors (Lipinski definition) is 5. The number of nitrogens with two attached hydrogens (primary N) is 2. The summed E-state index contributed by atoms with van der Waals surface area (Å²) in [5.74, 6) is 11.2. The molecule has 0 amide bonds. The average molecular weight is 666 g/mol. The minimum absolute atomic E-state index is 0.0217. The summed E-state index contributed by atoms with van der Waals surface area (Å²) < 4.78 is 5.76. The van der Waals surface area contributed by atoms with E-state index in [1.807, 2.05) is 0 Å². The fraction of sp³-hybridized carbons (Fsp3) is 0.905. The summed E-state index contributed by atoms with van der Waals surface area (Å²) in [6.07, 6.45) is 23.0. The van der Waals surface area contributed by atoms with Gasteiger partial charge in [0.25, 0.3) is 0 Å². The Hall–Kier alpha value is -1.26. The quantitative estimate of drug-likeness (QED) is 0.211. The highest BCUT2D eigenvalue weighted by atomic mass is 16.5. The van der Waals surface area contributed by atoms with Crippen molar-refractivity contribution in [1.82, 2.24) is 0 Å². The topological polar surface area (TPSA) is 106 Å². The molecule has 5 aliphatic carbocycles. The third-order valence-electron chi connectivity index (χ3n) is 14.8. The first kappa shape index (κ1) is 36.5. The van der Waals surface area contributed by atoms with Gasteiger partial charge in [-0.15, -0.1) is 0 Å². The molecule has 4 saturated carbocycles. The summed E-state index contributed by atoms with van der Waals surface area (Å²) in [5.41, 5.74) is 6.81. The van der Waals surface area contributed by atoms with Crippen LogP contribution in [0.3, 0.4) is 0 Å². The zero-order valence-electron chi connectivity index (χ0n) is 30.5. The molecule has 0 aromatic carbocycles. The van der Waals surface area contributed by atoms with Crippen molar-refractivity contribution in [2.24, 2.45) is 64.4 Å². The largest absolute Gasteiger partial charge is 0.390 e. The van der Waals surface area contributed by atoms with E-state index in [4.69, 9.17) is 10.5 Å². The van der Waals surface area contributed by atoms with Gasteiger partial charge < -0.3 is 15.2 Å². The number of ketones is 2. The van der Waals surface area contributed by atoms with Crippen molar-refractivity contribution in [2.45, 2.75) is 167 Å². The molecule has 270 valence electrons. The van der Waals surface area contributed by atoms with E-state index in [1.54, 1.807) is 7.11 Å². The highest BCUT2D eigenvalue weighted by Gasteiger charge is 2.48. The Morgan fingerprint density at radius 1 is 0.896 bits per heavy atom. The number of quaternary nitrogens is 1. The second-order valence-electron chi connectivity index (χ2n) is 17.8. The molecule has 0 aromatic heterocycles. The standard InChI is InChI=1S/C42H68N2O4/c1-3-16-42(17-7-8-18-42)33-22-29(20-28-15-19-44-41(43)23-28)21-31-12-14-35(30-9-5-4-6-10-30)36-27-39(47)40(48-2)24-32(36)11-13-34(45)26-38(46)37(31)25-33/h28-33,35-37,39-41,44,47H,3-11,13,15-27,43H2,1-2H3/p+1. The molecule has 0 bridgehead atoms. The monoisotopic (exact) mass is 666 g/mol. The Labute approximate surface area is 292 Å². The van der Waals surface area contributed by atoms with Gasteiger partial charge in [-0.2, -0.15) is 0 Å². The van der Waals surface area contributed by atoms with E-state index in [-0.39, 0.29) is 53.9 Å². The molecule has 1 heterocycles. The van der Waals surface area contributed by atoms with Crippen LogP contribution in [0.25, 0.3) is 0 Å². The van der Waals surface area contributed by atoms with Crippen molar-refractivity contribution in [3.8, 4) is 11.8 Å². The number of carbonyl (C=O) groups is 2. The number of aliphatic hydroxyl groups excluding tert-OH is 1.